The number of rotatable bonds is 9. The Labute approximate surface area is 156 Å². The van der Waals surface area contributed by atoms with Crippen molar-refractivity contribution in [1.29, 1.82) is 0 Å². The van der Waals surface area contributed by atoms with Crippen LogP contribution in [-0.4, -0.2) is 51.2 Å². The van der Waals surface area contributed by atoms with Gasteiger partial charge in [-0.2, -0.15) is 5.10 Å². The minimum absolute atomic E-state index is 0.103. The van der Waals surface area contributed by atoms with Gasteiger partial charge in [0.15, 0.2) is 0 Å². The molecule has 2 aromatic rings. The molecule has 0 aliphatic rings. The Morgan fingerprint density at radius 2 is 1.81 bits per heavy atom. The number of aromatic nitrogens is 2. The third-order valence-electron chi connectivity index (χ3n) is 4.02. The number of hydrogen-bond donors (Lipinski definition) is 2. The molecule has 8 heteroatoms. The lowest BCUT2D eigenvalue weighted by molar-refractivity contribution is 0.155. The maximum Gasteiger partial charge on any atom is 0.271 e. The van der Waals surface area contributed by atoms with Crippen LogP contribution >= 0.6 is 0 Å². The van der Waals surface area contributed by atoms with Gasteiger partial charge in [-0.25, -0.2) is 13.5 Å². The molecule has 0 amide bonds. The predicted molar refractivity (Wildman–Crippen MR) is 98.1 cm³/mol. The van der Waals surface area contributed by atoms with Crippen molar-refractivity contribution in [2.75, 3.05) is 26.3 Å². The first-order valence-electron chi connectivity index (χ1n) is 8.86. The second-order valence-corrected chi connectivity index (χ2v) is 6.78. The maximum atomic E-state index is 14.2. The van der Waals surface area contributed by atoms with Crippen molar-refractivity contribution in [2.24, 2.45) is 5.92 Å². The number of benzene rings is 1. The summed E-state index contributed by atoms with van der Waals surface area (Å²) in [4.78, 5) is 14.5. The average molecular weight is 381 g/mol. The Morgan fingerprint density at radius 3 is 2.37 bits per heavy atom. The van der Waals surface area contributed by atoms with Crippen LogP contribution in [0, 0.1) is 17.6 Å². The quantitative estimate of drug-likeness (QED) is 0.690. The van der Waals surface area contributed by atoms with Gasteiger partial charge in [0.05, 0.1) is 18.9 Å². The Kier molecular flexibility index (Phi) is 7.58. The molecule has 0 unspecified atom stereocenters. The summed E-state index contributed by atoms with van der Waals surface area (Å²) in [5.74, 6) is -1.31. The molecule has 0 spiro atoms. The number of halogens is 2. The Balaban J connectivity index is 2.52. The van der Waals surface area contributed by atoms with E-state index in [1.54, 1.807) is 4.90 Å². The summed E-state index contributed by atoms with van der Waals surface area (Å²) in [6, 6.07) is 4.69. The monoisotopic (exact) mass is 381 g/mol. The van der Waals surface area contributed by atoms with Gasteiger partial charge in [0.25, 0.3) is 5.56 Å². The van der Waals surface area contributed by atoms with Gasteiger partial charge in [0.1, 0.15) is 11.6 Å². The van der Waals surface area contributed by atoms with Gasteiger partial charge >= 0.3 is 0 Å². The van der Waals surface area contributed by atoms with Crippen molar-refractivity contribution in [3.05, 3.63) is 51.8 Å². The van der Waals surface area contributed by atoms with E-state index in [2.05, 4.69) is 5.10 Å². The largest absolute Gasteiger partial charge is 0.395 e. The fourth-order valence-electron chi connectivity index (χ4n) is 2.80. The van der Waals surface area contributed by atoms with Crippen molar-refractivity contribution in [3.8, 4) is 11.3 Å². The van der Waals surface area contributed by atoms with Gasteiger partial charge in [-0.3, -0.25) is 9.69 Å². The number of aliphatic hydroxyl groups excluding tert-OH is 2. The van der Waals surface area contributed by atoms with Crippen LogP contribution in [0.3, 0.4) is 0 Å². The molecule has 6 nitrogen and oxygen atoms in total. The van der Waals surface area contributed by atoms with Crippen LogP contribution in [0.5, 0.6) is 0 Å². The molecule has 0 bridgehead atoms. The van der Waals surface area contributed by atoms with E-state index in [-0.39, 0.29) is 55.6 Å². The minimum Gasteiger partial charge on any atom is -0.395 e. The van der Waals surface area contributed by atoms with Crippen molar-refractivity contribution in [1.82, 2.24) is 14.7 Å². The van der Waals surface area contributed by atoms with Crippen molar-refractivity contribution < 1.29 is 19.0 Å². The number of hydrogen-bond acceptors (Lipinski definition) is 5. The Hall–Kier alpha value is -2.16. The molecular weight excluding hydrogens is 356 g/mol. The number of aliphatic hydroxyl groups is 2. The van der Waals surface area contributed by atoms with E-state index >= 15 is 0 Å². The first-order valence-corrected chi connectivity index (χ1v) is 8.86. The van der Waals surface area contributed by atoms with Crippen LogP contribution in [0.2, 0.25) is 0 Å². The molecule has 2 N–H and O–H groups in total. The molecule has 1 aromatic carbocycles. The van der Waals surface area contributed by atoms with Crippen LogP contribution in [0.4, 0.5) is 8.78 Å². The predicted octanol–water partition coefficient (Wildman–Crippen LogP) is 1.63. The molecule has 0 saturated heterocycles. The minimum atomic E-state index is -0.759. The first-order chi connectivity index (χ1) is 12.8. The highest BCUT2D eigenvalue weighted by molar-refractivity contribution is 5.60. The summed E-state index contributed by atoms with van der Waals surface area (Å²) in [7, 11) is 0. The molecule has 0 saturated carbocycles. The zero-order valence-corrected chi connectivity index (χ0v) is 15.5. The molecule has 0 fully saturated rings. The van der Waals surface area contributed by atoms with E-state index in [0.29, 0.717) is 12.1 Å². The van der Waals surface area contributed by atoms with Crippen molar-refractivity contribution >= 4 is 0 Å². The number of nitrogens with zero attached hydrogens (tertiary/aromatic N) is 3. The van der Waals surface area contributed by atoms with Gasteiger partial charge in [0, 0.05) is 43.4 Å². The first kappa shape index (κ1) is 21.1. The molecule has 148 valence electrons. The highest BCUT2D eigenvalue weighted by Crippen LogP contribution is 2.22. The molecular formula is C19H25F2N3O3. The zero-order valence-electron chi connectivity index (χ0n) is 15.5. The molecule has 1 aromatic heterocycles. The van der Waals surface area contributed by atoms with Gasteiger partial charge in [-0.15, -0.1) is 0 Å². The van der Waals surface area contributed by atoms with Gasteiger partial charge < -0.3 is 10.2 Å². The topological polar surface area (TPSA) is 78.6 Å². The van der Waals surface area contributed by atoms with E-state index in [9.17, 15) is 23.8 Å². The highest BCUT2D eigenvalue weighted by atomic mass is 19.1. The lowest BCUT2D eigenvalue weighted by Gasteiger charge is -2.21. The lowest BCUT2D eigenvalue weighted by atomic mass is 10.1. The zero-order chi connectivity index (χ0) is 20.0. The summed E-state index contributed by atoms with van der Waals surface area (Å²) >= 11 is 0. The van der Waals surface area contributed by atoms with Crippen LogP contribution < -0.4 is 5.56 Å². The molecule has 0 atom stereocenters. The summed E-state index contributed by atoms with van der Waals surface area (Å²) in [6.07, 6.45) is 0. The van der Waals surface area contributed by atoms with E-state index in [1.165, 1.54) is 16.8 Å². The fraction of sp³-hybridized carbons (Fsp3) is 0.474. The summed E-state index contributed by atoms with van der Waals surface area (Å²) in [5, 5.41) is 22.6. The smallest absolute Gasteiger partial charge is 0.271 e. The molecule has 0 aliphatic heterocycles. The average Bonchev–Trinajstić information content (AvgIpc) is 2.58. The normalized spacial score (nSPS) is 11.6. The second-order valence-electron chi connectivity index (χ2n) is 6.78. The van der Waals surface area contributed by atoms with Gasteiger partial charge in [-0.05, 0) is 24.1 Å². The maximum absolute atomic E-state index is 14.2. The SMILES string of the molecule is CC(C)Cn1nc(-c2ccc(F)cc2F)cc(CN(CCO)CCO)c1=O. The van der Waals surface area contributed by atoms with E-state index < -0.39 is 11.6 Å². The van der Waals surface area contributed by atoms with Crippen molar-refractivity contribution in [3.63, 3.8) is 0 Å². The van der Waals surface area contributed by atoms with E-state index in [1.807, 2.05) is 13.8 Å². The standard InChI is InChI=1S/C19H25F2N3O3/c1-13(2)11-24-19(27)14(12-23(5-7-25)6-8-26)9-18(22-24)16-4-3-15(20)10-17(16)21/h3-4,9-10,13,25-26H,5-8,11-12H2,1-2H3. The summed E-state index contributed by atoms with van der Waals surface area (Å²) in [6.45, 7) is 4.72. The van der Waals surface area contributed by atoms with Gasteiger partial charge in [0.2, 0.25) is 0 Å². The van der Waals surface area contributed by atoms with E-state index in [0.717, 1.165) is 12.1 Å². The lowest BCUT2D eigenvalue weighted by Crippen LogP contribution is -2.35. The highest BCUT2D eigenvalue weighted by Gasteiger charge is 2.16. The Bertz CT molecular complexity index is 818. The molecule has 0 aliphatic carbocycles. The van der Waals surface area contributed by atoms with Crippen LogP contribution in [0.15, 0.2) is 29.1 Å². The van der Waals surface area contributed by atoms with Crippen molar-refractivity contribution in [2.45, 2.75) is 26.9 Å². The second kappa shape index (κ2) is 9.68. The molecule has 27 heavy (non-hydrogen) atoms. The van der Waals surface area contributed by atoms with Crippen LogP contribution in [0.1, 0.15) is 19.4 Å². The molecule has 2 rings (SSSR count). The van der Waals surface area contributed by atoms with Crippen LogP contribution in [-0.2, 0) is 13.1 Å². The fourth-order valence-corrected chi connectivity index (χ4v) is 2.80. The Morgan fingerprint density at radius 1 is 1.15 bits per heavy atom. The van der Waals surface area contributed by atoms with Gasteiger partial charge in [-0.1, -0.05) is 13.8 Å². The third-order valence-corrected chi connectivity index (χ3v) is 4.02. The summed E-state index contributed by atoms with van der Waals surface area (Å²) < 4.78 is 28.7. The third kappa shape index (κ3) is 5.66. The van der Waals surface area contributed by atoms with E-state index in [4.69, 9.17) is 0 Å². The molecule has 0 radical (unpaired) electrons. The van der Waals surface area contributed by atoms with Crippen LogP contribution in [0.25, 0.3) is 11.3 Å². The summed E-state index contributed by atoms with van der Waals surface area (Å²) in [5.41, 5.74) is 0.392. The molecule has 1 heterocycles.